The first-order valence-corrected chi connectivity index (χ1v) is 6.19. The fourth-order valence-corrected chi connectivity index (χ4v) is 2.03. The highest BCUT2D eigenvalue weighted by Crippen LogP contribution is 2.29. The van der Waals surface area contributed by atoms with Crippen LogP contribution in [0.5, 0.6) is 0 Å². The summed E-state index contributed by atoms with van der Waals surface area (Å²) in [6.45, 7) is 0.635. The van der Waals surface area contributed by atoms with Gasteiger partial charge in [-0.05, 0) is 12.3 Å². The van der Waals surface area contributed by atoms with Crippen LogP contribution in [0.4, 0.5) is 11.5 Å². The summed E-state index contributed by atoms with van der Waals surface area (Å²) in [7, 11) is 0. The number of aromatic carboxylic acids is 1. The van der Waals surface area contributed by atoms with Crippen LogP contribution in [-0.2, 0) is 0 Å². The third kappa shape index (κ3) is 3.18. The van der Waals surface area contributed by atoms with Crippen LogP contribution < -0.4 is 5.32 Å². The molecule has 1 aliphatic carbocycles. The molecule has 1 heterocycles. The Morgan fingerprint density at radius 1 is 1.58 bits per heavy atom. The third-order valence-electron chi connectivity index (χ3n) is 3.38. The molecule has 1 aliphatic rings. The molecule has 0 atom stereocenters. The molecule has 0 aromatic carbocycles. The van der Waals surface area contributed by atoms with Crippen LogP contribution in [-0.4, -0.2) is 27.5 Å². The zero-order chi connectivity index (χ0) is 13.8. The second kappa shape index (κ2) is 5.64. The highest BCUT2D eigenvalue weighted by atomic mass is 16.6. The number of nitrogens with zero attached hydrogens (tertiary/aromatic N) is 2. The molecule has 1 aromatic heterocycles. The van der Waals surface area contributed by atoms with Crippen molar-refractivity contribution in [2.45, 2.75) is 25.7 Å². The molecule has 0 saturated heterocycles. The van der Waals surface area contributed by atoms with E-state index in [1.54, 1.807) is 0 Å². The van der Waals surface area contributed by atoms with Crippen LogP contribution in [0, 0.1) is 16.0 Å². The van der Waals surface area contributed by atoms with Crippen molar-refractivity contribution >= 4 is 17.5 Å². The van der Waals surface area contributed by atoms with E-state index < -0.39 is 10.9 Å². The molecule has 1 saturated carbocycles. The lowest BCUT2D eigenvalue weighted by Crippen LogP contribution is -2.17. The quantitative estimate of drug-likeness (QED) is 0.603. The normalized spacial score (nSPS) is 14.7. The number of pyridine rings is 1. The summed E-state index contributed by atoms with van der Waals surface area (Å²) in [5, 5.41) is 22.6. The van der Waals surface area contributed by atoms with Crippen molar-refractivity contribution in [1.29, 1.82) is 0 Å². The number of rotatable bonds is 6. The van der Waals surface area contributed by atoms with E-state index in [1.165, 1.54) is 19.3 Å². The fourth-order valence-electron chi connectivity index (χ4n) is 2.03. The Balaban J connectivity index is 2.05. The predicted molar refractivity (Wildman–Crippen MR) is 68.3 cm³/mol. The number of nitrogens with one attached hydrogen (secondary N) is 1. The summed E-state index contributed by atoms with van der Waals surface area (Å²) in [4.78, 5) is 24.8. The van der Waals surface area contributed by atoms with E-state index in [0.717, 1.165) is 18.7 Å². The zero-order valence-corrected chi connectivity index (χ0v) is 10.3. The number of carbonyl (C=O) groups is 1. The molecular formula is C12H15N3O4. The van der Waals surface area contributed by atoms with Gasteiger partial charge >= 0.3 is 5.97 Å². The van der Waals surface area contributed by atoms with Gasteiger partial charge in [0.25, 0.3) is 5.69 Å². The monoisotopic (exact) mass is 265 g/mol. The van der Waals surface area contributed by atoms with E-state index in [0.29, 0.717) is 12.5 Å². The van der Waals surface area contributed by atoms with Gasteiger partial charge in [-0.3, -0.25) is 10.1 Å². The molecule has 102 valence electrons. The van der Waals surface area contributed by atoms with Crippen molar-refractivity contribution in [2.75, 3.05) is 11.9 Å². The number of anilines is 1. The summed E-state index contributed by atoms with van der Waals surface area (Å²) >= 11 is 0. The topological polar surface area (TPSA) is 105 Å². The number of hydrogen-bond donors (Lipinski definition) is 2. The minimum atomic E-state index is -1.22. The van der Waals surface area contributed by atoms with Crippen LogP contribution in [0.15, 0.2) is 12.3 Å². The van der Waals surface area contributed by atoms with Crippen molar-refractivity contribution in [3.63, 3.8) is 0 Å². The fraction of sp³-hybridized carbons (Fsp3) is 0.500. The average Bonchev–Trinajstić information content (AvgIpc) is 2.32. The highest BCUT2D eigenvalue weighted by Gasteiger charge is 2.19. The molecule has 0 aliphatic heterocycles. The summed E-state index contributed by atoms with van der Waals surface area (Å²) in [6.07, 6.45) is 5.75. The third-order valence-corrected chi connectivity index (χ3v) is 3.38. The first-order valence-electron chi connectivity index (χ1n) is 6.19. The molecule has 1 aromatic rings. The Bertz CT molecular complexity index is 500. The van der Waals surface area contributed by atoms with Gasteiger partial charge in [-0.25, -0.2) is 9.78 Å². The van der Waals surface area contributed by atoms with Gasteiger partial charge < -0.3 is 10.4 Å². The summed E-state index contributed by atoms with van der Waals surface area (Å²) in [5.74, 6) is -0.321. The van der Waals surface area contributed by atoms with Gasteiger partial charge in [0.1, 0.15) is 17.6 Å². The lowest BCUT2D eigenvalue weighted by atomic mass is 9.83. The molecule has 1 fully saturated rings. The summed E-state index contributed by atoms with van der Waals surface area (Å²) < 4.78 is 0. The number of carboxylic acid groups (broad SMARTS) is 1. The first kappa shape index (κ1) is 13.3. The van der Waals surface area contributed by atoms with Crippen molar-refractivity contribution in [1.82, 2.24) is 4.98 Å². The molecule has 7 nitrogen and oxygen atoms in total. The van der Waals surface area contributed by atoms with Crippen molar-refractivity contribution in [2.24, 2.45) is 5.92 Å². The second-order valence-electron chi connectivity index (χ2n) is 4.66. The van der Waals surface area contributed by atoms with Crippen LogP contribution in [0.25, 0.3) is 0 Å². The van der Waals surface area contributed by atoms with Gasteiger partial charge in [0, 0.05) is 12.6 Å². The molecular weight excluding hydrogens is 250 g/mol. The van der Waals surface area contributed by atoms with Crippen molar-refractivity contribution < 1.29 is 14.8 Å². The van der Waals surface area contributed by atoms with Crippen molar-refractivity contribution in [3.8, 4) is 0 Å². The Morgan fingerprint density at radius 3 is 2.84 bits per heavy atom. The number of carboxylic acids is 1. The van der Waals surface area contributed by atoms with E-state index in [2.05, 4.69) is 10.3 Å². The maximum atomic E-state index is 11.1. The lowest BCUT2D eigenvalue weighted by molar-refractivity contribution is -0.385. The second-order valence-corrected chi connectivity index (χ2v) is 4.66. The number of aromatic nitrogens is 1. The van der Waals surface area contributed by atoms with Gasteiger partial charge in [0.2, 0.25) is 0 Å². The molecule has 0 radical (unpaired) electrons. The highest BCUT2D eigenvalue weighted by molar-refractivity contribution is 5.93. The van der Waals surface area contributed by atoms with Gasteiger partial charge in [-0.2, -0.15) is 0 Å². The Hall–Kier alpha value is -2.18. The molecule has 19 heavy (non-hydrogen) atoms. The van der Waals surface area contributed by atoms with E-state index in [-0.39, 0.29) is 17.1 Å². The molecule has 0 unspecified atom stereocenters. The smallest absolute Gasteiger partial charge is 0.339 e. The van der Waals surface area contributed by atoms with Gasteiger partial charge in [0.05, 0.1) is 4.92 Å². The molecule has 2 rings (SSSR count). The largest absolute Gasteiger partial charge is 0.478 e. The van der Waals surface area contributed by atoms with Crippen LogP contribution >= 0.6 is 0 Å². The van der Waals surface area contributed by atoms with Gasteiger partial charge in [-0.15, -0.1) is 0 Å². The molecule has 2 N–H and O–H groups in total. The minimum Gasteiger partial charge on any atom is -0.478 e. The van der Waals surface area contributed by atoms with E-state index in [9.17, 15) is 14.9 Å². The summed E-state index contributed by atoms with van der Waals surface area (Å²) in [6, 6.07) is 1.03. The maximum Gasteiger partial charge on any atom is 0.339 e. The predicted octanol–water partition coefficient (Wildman–Crippen LogP) is 2.29. The Labute approximate surface area is 109 Å². The van der Waals surface area contributed by atoms with E-state index in [4.69, 9.17) is 5.11 Å². The minimum absolute atomic E-state index is 0.164. The molecule has 7 heteroatoms. The van der Waals surface area contributed by atoms with Crippen LogP contribution in [0.1, 0.15) is 36.0 Å². The SMILES string of the molecule is O=C(O)c1cc([N+](=O)[O-])cnc1NCCC1CCC1. The number of nitro groups is 1. The van der Waals surface area contributed by atoms with Gasteiger partial charge in [-0.1, -0.05) is 19.3 Å². The number of hydrogen-bond acceptors (Lipinski definition) is 5. The summed E-state index contributed by atoms with van der Waals surface area (Å²) in [5.41, 5.74) is -0.482. The average molecular weight is 265 g/mol. The van der Waals surface area contributed by atoms with Crippen LogP contribution in [0.2, 0.25) is 0 Å². The first-order chi connectivity index (χ1) is 9.08. The lowest BCUT2D eigenvalue weighted by Gasteiger charge is -2.25. The van der Waals surface area contributed by atoms with E-state index in [1.807, 2.05) is 0 Å². The molecule has 0 amide bonds. The van der Waals surface area contributed by atoms with Gasteiger partial charge in [0.15, 0.2) is 0 Å². The van der Waals surface area contributed by atoms with E-state index >= 15 is 0 Å². The maximum absolute atomic E-state index is 11.1. The standard InChI is InChI=1S/C12H15N3O4/c16-12(17)10-6-9(15(18)19)7-14-11(10)13-5-4-8-2-1-3-8/h6-8H,1-5H2,(H,13,14)(H,16,17). The van der Waals surface area contributed by atoms with Crippen molar-refractivity contribution in [3.05, 3.63) is 27.9 Å². The van der Waals surface area contributed by atoms with Crippen LogP contribution in [0.3, 0.4) is 0 Å². The molecule has 0 bridgehead atoms. The zero-order valence-electron chi connectivity index (χ0n) is 10.3. The molecule has 0 spiro atoms. The Kier molecular flexibility index (Phi) is 3.94. The Morgan fingerprint density at radius 2 is 2.32 bits per heavy atom.